The third-order valence-corrected chi connectivity index (χ3v) is 3.18. The van der Waals surface area contributed by atoms with Crippen molar-refractivity contribution in [3.63, 3.8) is 0 Å². The molecule has 0 saturated heterocycles. The first kappa shape index (κ1) is 11.4. The summed E-state index contributed by atoms with van der Waals surface area (Å²) in [6, 6.07) is 5.81. The Labute approximate surface area is 95.7 Å². The molecule has 1 heterocycles. The summed E-state index contributed by atoms with van der Waals surface area (Å²) in [4.78, 5) is 0. The minimum Gasteiger partial charge on any atom is -0.493 e. The lowest BCUT2D eigenvalue weighted by atomic mass is 10.0. The highest BCUT2D eigenvalue weighted by atomic mass is 32.2. The van der Waals surface area contributed by atoms with E-state index in [9.17, 15) is 8.42 Å². The van der Waals surface area contributed by atoms with Gasteiger partial charge in [0, 0.05) is 6.54 Å². The van der Waals surface area contributed by atoms with Crippen LogP contribution in [0.4, 0.5) is 0 Å². The minimum atomic E-state index is -3.12. The summed E-state index contributed by atoms with van der Waals surface area (Å²) in [7, 11) is -3.12. The molecule has 16 heavy (non-hydrogen) atoms. The molecule has 0 aliphatic carbocycles. The zero-order chi connectivity index (χ0) is 11.6. The van der Waals surface area contributed by atoms with Crippen molar-refractivity contribution < 1.29 is 13.2 Å². The van der Waals surface area contributed by atoms with Crippen LogP contribution in [-0.2, 0) is 23.0 Å². The van der Waals surface area contributed by atoms with Crippen LogP contribution in [0.25, 0.3) is 0 Å². The van der Waals surface area contributed by atoms with Gasteiger partial charge in [0.15, 0.2) is 0 Å². The molecule has 0 spiro atoms. The van der Waals surface area contributed by atoms with Gasteiger partial charge in [-0.3, -0.25) is 0 Å². The summed E-state index contributed by atoms with van der Waals surface area (Å²) in [6.45, 7) is 1.11. The van der Waals surface area contributed by atoms with Crippen molar-refractivity contribution in [1.29, 1.82) is 0 Å². The van der Waals surface area contributed by atoms with Gasteiger partial charge < -0.3 is 4.74 Å². The SMILES string of the molecule is CS(=O)(=O)NCc1ccc2c(c1)CCCO2. The molecule has 0 amide bonds. The van der Waals surface area contributed by atoms with Crippen LogP contribution in [0.3, 0.4) is 0 Å². The average Bonchev–Trinajstić information content (AvgIpc) is 2.25. The normalized spacial score (nSPS) is 15.3. The Balaban J connectivity index is 2.11. The van der Waals surface area contributed by atoms with Crippen LogP contribution >= 0.6 is 0 Å². The summed E-state index contributed by atoms with van der Waals surface area (Å²) in [6.07, 6.45) is 3.19. The molecule has 5 heteroatoms. The van der Waals surface area contributed by atoms with Crippen molar-refractivity contribution in [1.82, 2.24) is 4.72 Å². The number of sulfonamides is 1. The Morgan fingerprint density at radius 2 is 2.25 bits per heavy atom. The van der Waals surface area contributed by atoms with Crippen LogP contribution in [0.1, 0.15) is 17.5 Å². The third-order valence-electron chi connectivity index (χ3n) is 2.51. The van der Waals surface area contributed by atoms with Gasteiger partial charge in [0.2, 0.25) is 10.0 Å². The van der Waals surface area contributed by atoms with Crippen LogP contribution in [0.5, 0.6) is 5.75 Å². The lowest BCUT2D eigenvalue weighted by Crippen LogP contribution is -2.21. The molecule has 0 unspecified atom stereocenters. The Morgan fingerprint density at radius 1 is 1.44 bits per heavy atom. The molecule has 0 aromatic heterocycles. The number of ether oxygens (including phenoxy) is 1. The standard InChI is InChI=1S/C11H15NO3S/c1-16(13,14)12-8-9-4-5-11-10(7-9)3-2-6-15-11/h4-5,7,12H,2-3,6,8H2,1H3. The quantitative estimate of drug-likeness (QED) is 0.861. The second-order valence-electron chi connectivity index (χ2n) is 3.99. The van der Waals surface area contributed by atoms with Crippen LogP contribution in [0.15, 0.2) is 18.2 Å². The maximum absolute atomic E-state index is 11.0. The number of benzene rings is 1. The summed E-state index contributed by atoms with van der Waals surface area (Å²) < 4.78 is 29.9. The lowest BCUT2D eigenvalue weighted by Gasteiger charge is -2.17. The first-order chi connectivity index (χ1) is 7.54. The predicted octanol–water partition coefficient (Wildman–Crippen LogP) is 1.06. The largest absolute Gasteiger partial charge is 0.493 e. The van der Waals surface area contributed by atoms with Crippen LogP contribution in [0.2, 0.25) is 0 Å². The van der Waals surface area contributed by atoms with E-state index in [1.54, 1.807) is 0 Å². The maximum Gasteiger partial charge on any atom is 0.209 e. The fourth-order valence-electron chi connectivity index (χ4n) is 1.74. The van der Waals surface area contributed by atoms with E-state index in [1.807, 2.05) is 18.2 Å². The van der Waals surface area contributed by atoms with Gasteiger partial charge >= 0.3 is 0 Å². The van der Waals surface area contributed by atoms with E-state index >= 15 is 0 Å². The fraction of sp³-hybridized carbons (Fsp3) is 0.455. The van der Waals surface area contributed by atoms with Crippen LogP contribution in [0, 0.1) is 0 Å². The highest BCUT2D eigenvalue weighted by Gasteiger charge is 2.10. The van der Waals surface area contributed by atoms with Crippen molar-refractivity contribution >= 4 is 10.0 Å². The second kappa shape index (κ2) is 4.43. The molecular formula is C11H15NO3S. The molecule has 0 atom stereocenters. The molecule has 2 rings (SSSR count). The molecule has 1 aromatic carbocycles. The third kappa shape index (κ3) is 2.96. The molecule has 1 aliphatic heterocycles. The molecule has 4 nitrogen and oxygen atoms in total. The van der Waals surface area contributed by atoms with Crippen molar-refractivity contribution in [3.8, 4) is 5.75 Å². The zero-order valence-corrected chi connectivity index (χ0v) is 10.0. The van der Waals surface area contributed by atoms with Crippen LogP contribution in [-0.4, -0.2) is 21.3 Å². The molecule has 88 valence electrons. The molecule has 0 saturated carbocycles. The van der Waals surface area contributed by atoms with E-state index in [0.29, 0.717) is 6.54 Å². The van der Waals surface area contributed by atoms with E-state index in [1.165, 1.54) is 5.56 Å². The van der Waals surface area contributed by atoms with E-state index in [2.05, 4.69) is 4.72 Å². The first-order valence-electron chi connectivity index (χ1n) is 5.24. The highest BCUT2D eigenvalue weighted by Crippen LogP contribution is 2.25. The van der Waals surface area contributed by atoms with E-state index in [4.69, 9.17) is 4.74 Å². The summed E-state index contributed by atoms with van der Waals surface area (Å²) in [5.74, 6) is 0.925. The molecule has 0 radical (unpaired) electrons. The van der Waals surface area contributed by atoms with Gasteiger partial charge in [-0.05, 0) is 30.0 Å². The summed E-state index contributed by atoms with van der Waals surface area (Å²) >= 11 is 0. The Kier molecular flexibility index (Phi) is 3.16. The van der Waals surface area contributed by atoms with Crippen molar-refractivity contribution in [2.45, 2.75) is 19.4 Å². The highest BCUT2D eigenvalue weighted by molar-refractivity contribution is 7.88. The molecule has 1 N–H and O–H groups in total. The zero-order valence-electron chi connectivity index (χ0n) is 9.19. The fourth-order valence-corrected chi connectivity index (χ4v) is 2.17. The van der Waals surface area contributed by atoms with E-state index in [0.717, 1.165) is 37.0 Å². The monoisotopic (exact) mass is 241 g/mol. The smallest absolute Gasteiger partial charge is 0.209 e. The number of hydrogen-bond acceptors (Lipinski definition) is 3. The van der Waals surface area contributed by atoms with Gasteiger partial charge in [0.1, 0.15) is 5.75 Å². The minimum absolute atomic E-state index is 0.339. The van der Waals surface area contributed by atoms with Gasteiger partial charge in [-0.15, -0.1) is 0 Å². The lowest BCUT2D eigenvalue weighted by molar-refractivity contribution is 0.288. The molecular weight excluding hydrogens is 226 g/mol. The molecule has 0 bridgehead atoms. The van der Waals surface area contributed by atoms with E-state index in [-0.39, 0.29) is 0 Å². The first-order valence-corrected chi connectivity index (χ1v) is 7.13. The van der Waals surface area contributed by atoms with Gasteiger partial charge in [-0.25, -0.2) is 13.1 Å². The molecule has 0 fully saturated rings. The summed E-state index contributed by atoms with van der Waals surface area (Å²) in [5, 5.41) is 0. The number of hydrogen-bond donors (Lipinski definition) is 1. The molecule has 1 aromatic rings. The van der Waals surface area contributed by atoms with Gasteiger partial charge in [-0.2, -0.15) is 0 Å². The van der Waals surface area contributed by atoms with Gasteiger partial charge in [0.05, 0.1) is 12.9 Å². The molecule has 1 aliphatic rings. The number of fused-ring (bicyclic) bond motifs is 1. The second-order valence-corrected chi connectivity index (χ2v) is 5.82. The topological polar surface area (TPSA) is 55.4 Å². The Hall–Kier alpha value is -1.07. The van der Waals surface area contributed by atoms with Crippen molar-refractivity contribution in [2.75, 3.05) is 12.9 Å². The van der Waals surface area contributed by atoms with Gasteiger partial charge in [-0.1, -0.05) is 12.1 Å². The summed E-state index contributed by atoms with van der Waals surface area (Å²) in [5.41, 5.74) is 2.13. The Morgan fingerprint density at radius 3 is 3.00 bits per heavy atom. The average molecular weight is 241 g/mol. The van der Waals surface area contributed by atoms with Crippen LogP contribution < -0.4 is 9.46 Å². The van der Waals surface area contributed by atoms with Gasteiger partial charge in [0.25, 0.3) is 0 Å². The predicted molar refractivity (Wildman–Crippen MR) is 61.9 cm³/mol. The van der Waals surface area contributed by atoms with E-state index < -0.39 is 10.0 Å². The number of rotatable bonds is 3. The number of nitrogens with one attached hydrogen (secondary N) is 1. The van der Waals surface area contributed by atoms with Crippen molar-refractivity contribution in [3.05, 3.63) is 29.3 Å². The maximum atomic E-state index is 11.0. The van der Waals surface area contributed by atoms with Crippen molar-refractivity contribution in [2.24, 2.45) is 0 Å². The Bertz CT molecular complexity index is 482. The number of aryl methyl sites for hydroxylation is 1.